The normalized spacial score (nSPS) is 14.9. The van der Waals surface area contributed by atoms with Gasteiger partial charge < -0.3 is 15.1 Å². The maximum atomic E-state index is 13.1. The molecule has 0 bridgehead atoms. The number of aryl methyl sites for hydroxylation is 2. The number of carbonyl (C=O) groups is 1. The van der Waals surface area contributed by atoms with Crippen LogP contribution in [0.1, 0.15) is 22.0 Å². The van der Waals surface area contributed by atoms with Crippen LogP contribution in [0.2, 0.25) is 5.02 Å². The molecule has 10 nitrogen and oxygen atoms in total. The smallest absolute Gasteiger partial charge is 0.291 e. The van der Waals surface area contributed by atoms with Gasteiger partial charge in [-0.1, -0.05) is 11.6 Å². The molecule has 1 aliphatic rings. The number of nitrogens with one attached hydrogen (secondary N) is 1. The number of hydrogen-bond donors (Lipinski definition) is 1. The number of pyridine rings is 1. The second-order valence-corrected chi connectivity index (χ2v) is 11.0. The van der Waals surface area contributed by atoms with Gasteiger partial charge in [0.25, 0.3) is 15.9 Å². The van der Waals surface area contributed by atoms with Crippen LogP contribution in [0.4, 0.5) is 0 Å². The zero-order valence-electron chi connectivity index (χ0n) is 19.6. The molecule has 0 saturated carbocycles. The molecule has 0 atom stereocenters. The molecule has 0 radical (unpaired) electrons. The molecule has 4 heterocycles. The largest absolute Gasteiger partial charge is 0.618 e. The molecule has 1 aliphatic heterocycles. The average Bonchev–Trinajstić information content (AvgIpc) is 3.31. The molecule has 5 rings (SSSR count). The summed E-state index contributed by atoms with van der Waals surface area (Å²) in [5.41, 5.74) is 3.26. The highest BCUT2D eigenvalue weighted by atomic mass is 35.5. The first-order valence-electron chi connectivity index (χ1n) is 11.2. The molecule has 12 heteroatoms. The number of halogens is 1. The van der Waals surface area contributed by atoms with Gasteiger partial charge in [0.1, 0.15) is 5.03 Å². The monoisotopic (exact) mass is 526 g/mol. The second-order valence-electron chi connectivity index (χ2n) is 8.68. The summed E-state index contributed by atoms with van der Waals surface area (Å²) in [6.45, 7) is 4.18. The maximum Gasteiger partial charge on any atom is 0.291 e. The van der Waals surface area contributed by atoms with Crippen LogP contribution in [0.5, 0.6) is 0 Å². The van der Waals surface area contributed by atoms with Gasteiger partial charge in [-0.15, -0.1) is 0 Å². The Balaban J connectivity index is 1.27. The third-order valence-electron chi connectivity index (χ3n) is 6.25. The van der Waals surface area contributed by atoms with Crippen molar-refractivity contribution in [2.45, 2.75) is 18.9 Å². The summed E-state index contributed by atoms with van der Waals surface area (Å²) in [6, 6.07) is 10.2. The molecule has 0 aliphatic carbocycles. The summed E-state index contributed by atoms with van der Waals surface area (Å²) in [7, 11) is -3.76. The van der Waals surface area contributed by atoms with E-state index in [0.717, 1.165) is 10.3 Å². The number of aromatic amines is 1. The van der Waals surface area contributed by atoms with Gasteiger partial charge in [0, 0.05) is 86.0 Å². The predicted molar refractivity (Wildman–Crippen MR) is 134 cm³/mol. The fraction of sp³-hybridized carbons (Fsp3) is 0.250. The Bertz CT molecular complexity index is 1560. The van der Waals surface area contributed by atoms with Crippen LogP contribution >= 0.6 is 11.6 Å². The first kappa shape index (κ1) is 24.2. The highest BCUT2D eigenvalue weighted by Crippen LogP contribution is 2.25. The number of amides is 1. The van der Waals surface area contributed by atoms with Gasteiger partial charge in [0.2, 0.25) is 5.82 Å². The minimum absolute atomic E-state index is 0.0332. The van der Waals surface area contributed by atoms with E-state index >= 15 is 0 Å². The molecule has 4 aromatic rings. The molecule has 3 aromatic heterocycles. The van der Waals surface area contributed by atoms with Gasteiger partial charge in [-0.2, -0.15) is 9.04 Å². The zero-order chi connectivity index (χ0) is 25.6. The summed E-state index contributed by atoms with van der Waals surface area (Å²) in [4.78, 5) is 25.9. The van der Waals surface area contributed by atoms with Crippen LogP contribution in [0.15, 0.2) is 53.8 Å². The van der Waals surface area contributed by atoms with Gasteiger partial charge in [-0.25, -0.2) is 18.4 Å². The van der Waals surface area contributed by atoms with E-state index in [4.69, 9.17) is 11.6 Å². The molecule has 1 fully saturated rings. The third kappa shape index (κ3) is 4.41. The molecule has 1 N–H and O–H groups in total. The first-order valence-corrected chi connectivity index (χ1v) is 13.1. The van der Waals surface area contributed by atoms with E-state index in [1.807, 2.05) is 0 Å². The number of carbonyl (C=O) groups excluding carboxylic acids is 1. The van der Waals surface area contributed by atoms with E-state index in [1.165, 1.54) is 4.31 Å². The average molecular weight is 527 g/mol. The SMILES string of the molecule is Cc1cc(-c2cnc(C(=O)N3CCN(S(=O)(=O)c4cc5cc(Cl)ccc5[nH]4)CC3)nc2)cc(C)[n+]1[O-]. The number of aromatic nitrogens is 4. The number of piperazine rings is 1. The highest BCUT2D eigenvalue weighted by Gasteiger charge is 2.32. The first-order chi connectivity index (χ1) is 17.1. The molecule has 0 unspecified atom stereocenters. The number of nitrogens with zero attached hydrogens (tertiary/aromatic N) is 5. The van der Waals surface area contributed by atoms with E-state index in [0.29, 0.717) is 32.9 Å². The minimum atomic E-state index is -3.76. The van der Waals surface area contributed by atoms with Crippen LogP contribution in [0, 0.1) is 19.1 Å². The second kappa shape index (κ2) is 9.16. The molecule has 1 aromatic carbocycles. The quantitative estimate of drug-likeness (QED) is 0.322. The van der Waals surface area contributed by atoms with Crippen LogP contribution < -0.4 is 4.73 Å². The van der Waals surface area contributed by atoms with Crippen LogP contribution in [-0.4, -0.2) is 64.7 Å². The van der Waals surface area contributed by atoms with Crippen molar-refractivity contribution in [2.75, 3.05) is 26.2 Å². The van der Waals surface area contributed by atoms with Crippen molar-refractivity contribution >= 4 is 38.4 Å². The van der Waals surface area contributed by atoms with Gasteiger partial charge >= 0.3 is 0 Å². The number of sulfonamides is 1. The maximum absolute atomic E-state index is 13.1. The van der Waals surface area contributed by atoms with Crippen molar-refractivity contribution in [3.8, 4) is 11.1 Å². The fourth-order valence-electron chi connectivity index (χ4n) is 4.27. The Morgan fingerprint density at radius 2 is 1.64 bits per heavy atom. The molecule has 1 amide bonds. The van der Waals surface area contributed by atoms with E-state index in [1.54, 1.807) is 67.5 Å². The number of H-pyrrole nitrogens is 1. The lowest BCUT2D eigenvalue weighted by Gasteiger charge is -2.33. The summed E-state index contributed by atoms with van der Waals surface area (Å²) < 4.78 is 28.5. The van der Waals surface area contributed by atoms with E-state index < -0.39 is 10.0 Å². The van der Waals surface area contributed by atoms with Gasteiger partial charge in [0.15, 0.2) is 11.4 Å². The molecule has 1 saturated heterocycles. The van der Waals surface area contributed by atoms with Gasteiger partial charge in [-0.3, -0.25) is 4.79 Å². The Morgan fingerprint density at radius 1 is 1.00 bits per heavy atom. The topological polar surface area (TPSA) is 126 Å². The number of fused-ring (bicyclic) bond motifs is 1. The van der Waals surface area contributed by atoms with Crippen molar-refractivity contribution in [1.29, 1.82) is 0 Å². The lowest BCUT2D eigenvalue weighted by molar-refractivity contribution is -0.619. The van der Waals surface area contributed by atoms with Crippen LogP contribution in [-0.2, 0) is 10.0 Å². The van der Waals surface area contributed by atoms with Gasteiger partial charge in [-0.05, 0) is 29.8 Å². The van der Waals surface area contributed by atoms with Crippen molar-refractivity contribution in [1.82, 2.24) is 24.2 Å². The van der Waals surface area contributed by atoms with Crippen molar-refractivity contribution in [2.24, 2.45) is 0 Å². The van der Waals surface area contributed by atoms with Crippen LogP contribution in [0.25, 0.3) is 22.0 Å². The zero-order valence-corrected chi connectivity index (χ0v) is 21.2. The van der Waals surface area contributed by atoms with Crippen molar-refractivity contribution in [3.05, 3.63) is 76.2 Å². The van der Waals surface area contributed by atoms with E-state index in [-0.39, 0.29) is 42.9 Å². The Hall–Kier alpha value is -3.54. The van der Waals surface area contributed by atoms with Gasteiger partial charge in [0.05, 0.1) is 0 Å². The van der Waals surface area contributed by atoms with Crippen LogP contribution in [0.3, 0.4) is 0 Å². The Kier molecular flexibility index (Phi) is 6.15. The summed E-state index contributed by atoms with van der Waals surface area (Å²) in [6.07, 6.45) is 3.10. The van der Waals surface area contributed by atoms with Crippen molar-refractivity contribution in [3.63, 3.8) is 0 Å². The molecule has 186 valence electrons. The minimum Gasteiger partial charge on any atom is -0.618 e. The Labute approximate surface area is 212 Å². The molecular formula is C24H23ClN6O4S. The number of rotatable bonds is 4. The highest BCUT2D eigenvalue weighted by molar-refractivity contribution is 7.89. The standard InChI is InChI=1S/C24H23ClN6O4S/c1-15-9-17(10-16(2)31(15)33)19-13-26-23(27-14-19)24(32)29-5-7-30(8-6-29)36(34,35)22-12-18-11-20(25)3-4-21(18)28-22/h3-4,9-14,28H,5-8H2,1-2H3. The lowest BCUT2D eigenvalue weighted by Crippen LogP contribution is -2.50. The lowest BCUT2D eigenvalue weighted by atomic mass is 10.1. The summed E-state index contributed by atoms with van der Waals surface area (Å²) >= 11 is 6.01. The molecular weight excluding hydrogens is 504 g/mol. The predicted octanol–water partition coefficient (Wildman–Crippen LogP) is 2.68. The number of hydrogen-bond acceptors (Lipinski definition) is 6. The molecule has 36 heavy (non-hydrogen) atoms. The summed E-state index contributed by atoms with van der Waals surface area (Å²) in [5, 5.41) is 13.2. The fourth-order valence-corrected chi connectivity index (χ4v) is 5.89. The molecule has 0 spiro atoms. The van der Waals surface area contributed by atoms with E-state index in [9.17, 15) is 18.4 Å². The Morgan fingerprint density at radius 3 is 2.28 bits per heavy atom. The summed E-state index contributed by atoms with van der Waals surface area (Å²) in [5.74, 6) is -0.331. The number of benzene rings is 1. The third-order valence-corrected chi connectivity index (χ3v) is 8.30. The van der Waals surface area contributed by atoms with E-state index in [2.05, 4.69) is 15.0 Å². The van der Waals surface area contributed by atoms with Crippen molar-refractivity contribution < 1.29 is 17.9 Å².